The van der Waals surface area contributed by atoms with Gasteiger partial charge in [-0.25, -0.2) is 9.59 Å². The van der Waals surface area contributed by atoms with Crippen molar-refractivity contribution in [3.8, 4) is 6.07 Å². The van der Waals surface area contributed by atoms with Gasteiger partial charge in [0.05, 0.1) is 11.6 Å². The van der Waals surface area contributed by atoms with Crippen molar-refractivity contribution in [3.63, 3.8) is 0 Å². The van der Waals surface area contributed by atoms with Crippen LogP contribution in [0.3, 0.4) is 0 Å². The first-order chi connectivity index (χ1) is 9.99. The Morgan fingerprint density at radius 2 is 2.24 bits per heavy atom. The summed E-state index contributed by atoms with van der Waals surface area (Å²) in [5.74, 6) is -1.13. The molecule has 7 nitrogen and oxygen atoms in total. The van der Waals surface area contributed by atoms with E-state index >= 15 is 0 Å². The average molecular weight is 291 g/mol. The SMILES string of the molecule is COCCC(NC(=O)N(C)c1cccc(C#N)c1)C(=O)O. The molecule has 0 aromatic heterocycles. The number of benzene rings is 1. The second-order valence-electron chi connectivity index (χ2n) is 4.34. The minimum Gasteiger partial charge on any atom is -0.480 e. The lowest BCUT2D eigenvalue weighted by Crippen LogP contribution is -2.47. The van der Waals surface area contributed by atoms with Gasteiger partial charge < -0.3 is 15.2 Å². The molecule has 1 rings (SSSR count). The predicted octanol–water partition coefficient (Wildman–Crippen LogP) is 1.19. The summed E-state index contributed by atoms with van der Waals surface area (Å²) in [7, 11) is 2.96. The number of carbonyl (C=O) groups is 2. The molecular weight excluding hydrogens is 274 g/mol. The molecular formula is C14H17N3O4. The number of hydrogen-bond donors (Lipinski definition) is 2. The monoisotopic (exact) mass is 291 g/mol. The first-order valence-corrected chi connectivity index (χ1v) is 6.25. The summed E-state index contributed by atoms with van der Waals surface area (Å²) in [5.41, 5.74) is 0.920. The van der Waals surface area contributed by atoms with E-state index in [4.69, 9.17) is 15.1 Å². The van der Waals surface area contributed by atoms with E-state index in [0.29, 0.717) is 11.3 Å². The second-order valence-corrected chi connectivity index (χ2v) is 4.34. The van der Waals surface area contributed by atoms with Crippen LogP contribution in [0.2, 0.25) is 0 Å². The van der Waals surface area contributed by atoms with Gasteiger partial charge >= 0.3 is 12.0 Å². The molecule has 112 valence electrons. The first kappa shape index (κ1) is 16.5. The lowest BCUT2D eigenvalue weighted by Gasteiger charge is -2.21. The number of anilines is 1. The Balaban J connectivity index is 2.76. The highest BCUT2D eigenvalue weighted by Gasteiger charge is 2.22. The van der Waals surface area contributed by atoms with Crippen LogP contribution in [0.4, 0.5) is 10.5 Å². The standard InChI is InChI=1S/C14H17N3O4/c1-17(11-5-3-4-10(8-11)9-15)14(20)16-12(13(18)19)6-7-21-2/h3-5,8,12H,6-7H2,1-2H3,(H,16,20)(H,18,19). The van der Waals surface area contributed by atoms with Crippen molar-refractivity contribution >= 4 is 17.7 Å². The molecule has 0 aliphatic heterocycles. The zero-order valence-corrected chi connectivity index (χ0v) is 11.9. The summed E-state index contributed by atoms with van der Waals surface area (Å²) < 4.78 is 4.82. The molecule has 0 saturated heterocycles. The number of nitrogens with zero attached hydrogens (tertiary/aromatic N) is 2. The third-order valence-electron chi connectivity index (χ3n) is 2.87. The van der Waals surface area contributed by atoms with Crippen molar-refractivity contribution in [2.24, 2.45) is 0 Å². The molecule has 0 fully saturated rings. The normalized spacial score (nSPS) is 11.3. The average Bonchev–Trinajstić information content (AvgIpc) is 2.50. The van der Waals surface area contributed by atoms with Crippen molar-refractivity contribution in [2.75, 3.05) is 25.7 Å². The number of amides is 2. The van der Waals surface area contributed by atoms with Gasteiger partial charge in [-0.1, -0.05) is 6.07 Å². The number of carboxylic acid groups (broad SMARTS) is 1. The molecule has 21 heavy (non-hydrogen) atoms. The van der Waals surface area contributed by atoms with Crippen molar-refractivity contribution in [3.05, 3.63) is 29.8 Å². The summed E-state index contributed by atoms with van der Waals surface area (Å²) in [4.78, 5) is 24.4. The zero-order valence-electron chi connectivity index (χ0n) is 11.9. The van der Waals surface area contributed by atoms with Crippen molar-refractivity contribution in [1.29, 1.82) is 5.26 Å². The van der Waals surface area contributed by atoms with Crippen LogP contribution in [0.5, 0.6) is 0 Å². The number of aliphatic carboxylic acids is 1. The first-order valence-electron chi connectivity index (χ1n) is 6.25. The highest BCUT2D eigenvalue weighted by atomic mass is 16.5. The lowest BCUT2D eigenvalue weighted by molar-refractivity contribution is -0.139. The van der Waals surface area contributed by atoms with Crippen LogP contribution in [0, 0.1) is 11.3 Å². The molecule has 2 N–H and O–H groups in total. The molecule has 1 aromatic carbocycles. The maximum atomic E-state index is 12.0. The van der Waals surface area contributed by atoms with Crippen molar-refractivity contribution in [1.82, 2.24) is 5.32 Å². The molecule has 1 atom stereocenters. The number of carbonyl (C=O) groups excluding carboxylic acids is 1. The van der Waals surface area contributed by atoms with Crippen molar-refractivity contribution < 1.29 is 19.4 Å². The topological polar surface area (TPSA) is 103 Å². The summed E-state index contributed by atoms with van der Waals surface area (Å²) in [5, 5.41) is 20.3. The third-order valence-corrected chi connectivity index (χ3v) is 2.87. The molecule has 1 unspecified atom stereocenters. The molecule has 0 spiro atoms. The third kappa shape index (κ3) is 4.78. The van der Waals surface area contributed by atoms with Gasteiger partial charge in [-0.2, -0.15) is 5.26 Å². The van der Waals surface area contributed by atoms with E-state index < -0.39 is 18.0 Å². The van der Waals surface area contributed by atoms with Crippen LogP contribution in [0.15, 0.2) is 24.3 Å². The Hall–Kier alpha value is -2.59. The highest BCUT2D eigenvalue weighted by Crippen LogP contribution is 2.14. The quantitative estimate of drug-likeness (QED) is 0.819. The maximum Gasteiger partial charge on any atom is 0.326 e. The summed E-state index contributed by atoms with van der Waals surface area (Å²) >= 11 is 0. The molecule has 0 radical (unpaired) electrons. The second kappa shape index (κ2) is 7.87. The number of methoxy groups -OCH3 is 1. The van der Waals surface area contributed by atoms with Gasteiger partial charge in [0, 0.05) is 32.9 Å². The predicted molar refractivity (Wildman–Crippen MR) is 76.0 cm³/mol. The maximum absolute atomic E-state index is 12.0. The number of ether oxygens (including phenoxy) is 1. The summed E-state index contributed by atoms with van der Waals surface area (Å²) in [6, 6.07) is 6.86. The van der Waals surface area contributed by atoms with E-state index in [9.17, 15) is 9.59 Å². The van der Waals surface area contributed by atoms with Crippen LogP contribution in [0.25, 0.3) is 0 Å². The zero-order chi connectivity index (χ0) is 15.8. The van der Waals surface area contributed by atoms with E-state index in [1.165, 1.54) is 19.1 Å². The smallest absolute Gasteiger partial charge is 0.326 e. The van der Waals surface area contributed by atoms with Gasteiger partial charge in [0.2, 0.25) is 0 Å². The molecule has 7 heteroatoms. The fourth-order valence-corrected chi connectivity index (χ4v) is 1.64. The van der Waals surface area contributed by atoms with E-state index in [-0.39, 0.29) is 13.0 Å². The molecule has 2 amide bonds. The molecule has 1 aromatic rings. The summed E-state index contributed by atoms with van der Waals surface area (Å²) in [6.07, 6.45) is 0.170. The molecule has 0 aliphatic rings. The fraction of sp³-hybridized carbons (Fsp3) is 0.357. The number of carboxylic acids is 1. The van der Waals surface area contributed by atoms with Gasteiger partial charge in [0.15, 0.2) is 0 Å². The Kier molecular flexibility index (Phi) is 6.17. The highest BCUT2D eigenvalue weighted by molar-refractivity contribution is 5.94. The Bertz CT molecular complexity index is 553. The Morgan fingerprint density at radius 1 is 1.52 bits per heavy atom. The van der Waals surface area contributed by atoms with E-state index in [1.807, 2.05) is 6.07 Å². The molecule has 0 bridgehead atoms. The van der Waals surface area contributed by atoms with Crippen molar-refractivity contribution in [2.45, 2.75) is 12.5 Å². The van der Waals surface area contributed by atoms with E-state index in [0.717, 1.165) is 0 Å². The minimum absolute atomic E-state index is 0.170. The number of hydrogen-bond acceptors (Lipinski definition) is 4. The van der Waals surface area contributed by atoms with Crippen LogP contribution in [-0.4, -0.2) is 43.9 Å². The van der Waals surface area contributed by atoms with E-state index in [2.05, 4.69) is 5.32 Å². The molecule has 0 aliphatic carbocycles. The Morgan fingerprint density at radius 3 is 2.81 bits per heavy atom. The van der Waals surface area contributed by atoms with E-state index in [1.54, 1.807) is 24.3 Å². The van der Waals surface area contributed by atoms with Crippen LogP contribution >= 0.6 is 0 Å². The fourth-order valence-electron chi connectivity index (χ4n) is 1.64. The van der Waals surface area contributed by atoms with Gasteiger partial charge in [-0.05, 0) is 18.2 Å². The number of urea groups is 1. The van der Waals surface area contributed by atoms with Crippen LogP contribution in [-0.2, 0) is 9.53 Å². The number of nitriles is 1. The van der Waals surface area contributed by atoms with Gasteiger partial charge in [-0.15, -0.1) is 0 Å². The number of rotatable bonds is 6. The minimum atomic E-state index is -1.13. The number of nitrogens with one attached hydrogen (secondary N) is 1. The molecule has 0 heterocycles. The molecule has 0 saturated carbocycles. The van der Waals surface area contributed by atoms with Gasteiger partial charge in [0.1, 0.15) is 6.04 Å². The van der Waals surface area contributed by atoms with Gasteiger partial charge in [-0.3, -0.25) is 4.90 Å². The van der Waals surface area contributed by atoms with Gasteiger partial charge in [0.25, 0.3) is 0 Å². The lowest BCUT2D eigenvalue weighted by atomic mass is 10.2. The Labute approximate surface area is 122 Å². The largest absolute Gasteiger partial charge is 0.480 e. The van der Waals surface area contributed by atoms with Crippen LogP contribution < -0.4 is 10.2 Å². The summed E-state index contributed by atoms with van der Waals surface area (Å²) in [6.45, 7) is 0.227. The van der Waals surface area contributed by atoms with Crippen LogP contribution in [0.1, 0.15) is 12.0 Å².